The van der Waals surface area contributed by atoms with Crippen molar-refractivity contribution in [1.29, 1.82) is 0 Å². The van der Waals surface area contributed by atoms with Gasteiger partial charge in [0, 0.05) is 19.8 Å². The van der Waals surface area contributed by atoms with E-state index in [0.29, 0.717) is 0 Å². The minimum absolute atomic E-state index is 0.110. The van der Waals surface area contributed by atoms with E-state index in [1.807, 2.05) is 12.1 Å². The maximum atomic E-state index is 12.8. The summed E-state index contributed by atoms with van der Waals surface area (Å²) >= 11 is 0. The van der Waals surface area contributed by atoms with Crippen LogP contribution in [0.5, 0.6) is 0 Å². The van der Waals surface area contributed by atoms with Gasteiger partial charge in [0.15, 0.2) is 5.78 Å². The molecule has 3 N–H and O–H groups in total. The summed E-state index contributed by atoms with van der Waals surface area (Å²) in [5, 5.41) is 3.14. The van der Waals surface area contributed by atoms with Gasteiger partial charge in [-0.05, 0) is 49.4 Å². The number of nitrogens with two attached hydrogens (primary N) is 1. The third-order valence-electron chi connectivity index (χ3n) is 4.83. The summed E-state index contributed by atoms with van der Waals surface area (Å²) in [5.41, 5.74) is 7.95. The lowest BCUT2D eigenvalue weighted by molar-refractivity contribution is 0.0973. The zero-order valence-corrected chi connectivity index (χ0v) is 14.6. The van der Waals surface area contributed by atoms with Crippen LogP contribution in [0.4, 0.5) is 11.5 Å². The number of rotatable bonds is 4. The van der Waals surface area contributed by atoms with E-state index in [2.05, 4.69) is 11.4 Å². The first-order chi connectivity index (χ1) is 11.8. The van der Waals surface area contributed by atoms with Crippen LogP contribution in [0, 0.1) is 0 Å². The van der Waals surface area contributed by atoms with Gasteiger partial charge in [0.05, 0.1) is 6.04 Å². The van der Waals surface area contributed by atoms with Crippen molar-refractivity contribution in [3.8, 4) is 0 Å². The van der Waals surface area contributed by atoms with Crippen molar-refractivity contribution in [2.45, 2.75) is 32.2 Å². The SMILES string of the molecule is C[C@@H](Nc1ccc2c(c1)CCC2)C(=O)c1c(N)n(C)c(=O)n(C)c1=O. The first kappa shape index (κ1) is 17.0. The standard InChI is InChI=1S/C18H22N4O3/c1-10(20-13-8-7-11-5-4-6-12(11)9-13)15(23)14-16(19)21(2)18(25)22(3)17(14)24/h7-10,20H,4-6,19H2,1-3H3/t10-/m1/s1. The van der Waals surface area contributed by atoms with Crippen molar-refractivity contribution in [2.24, 2.45) is 14.1 Å². The lowest BCUT2D eigenvalue weighted by Crippen LogP contribution is -2.43. The van der Waals surface area contributed by atoms with Crippen molar-refractivity contribution in [3.05, 3.63) is 55.7 Å². The molecule has 3 rings (SSSR count). The Bertz CT molecular complexity index is 972. The van der Waals surface area contributed by atoms with E-state index in [0.717, 1.165) is 34.1 Å². The number of nitrogens with one attached hydrogen (secondary N) is 1. The molecule has 0 radical (unpaired) electrons. The molecule has 7 heteroatoms. The Labute approximate surface area is 145 Å². The lowest BCUT2D eigenvalue weighted by Gasteiger charge is -2.17. The number of aromatic nitrogens is 2. The fourth-order valence-corrected chi connectivity index (χ4v) is 3.29. The van der Waals surface area contributed by atoms with Crippen LogP contribution in [0.15, 0.2) is 27.8 Å². The number of anilines is 2. The molecule has 0 saturated heterocycles. The van der Waals surface area contributed by atoms with Crippen molar-refractivity contribution in [3.63, 3.8) is 0 Å². The third kappa shape index (κ3) is 2.86. The number of nitrogens with zero attached hydrogens (tertiary/aromatic N) is 2. The summed E-state index contributed by atoms with van der Waals surface area (Å²) in [5.74, 6) is -0.546. The molecule has 1 aromatic carbocycles. The lowest BCUT2D eigenvalue weighted by atomic mass is 10.1. The molecule has 1 aliphatic rings. The van der Waals surface area contributed by atoms with Gasteiger partial charge in [0.2, 0.25) is 0 Å². The highest BCUT2D eigenvalue weighted by Gasteiger charge is 2.25. The topological polar surface area (TPSA) is 99.1 Å². The fourth-order valence-electron chi connectivity index (χ4n) is 3.29. The highest BCUT2D eigenvalue weighted by Crippen LogP contribution is 2.25. The summed E-state index contributed by atoms with van der Waals surface area (Å²) < 4.78 is 2.00. The molecule has 0 unspecified atom stereocenters. The van der Waals surface area contributed by atoms with Crippen LogP contribution in [0.1, 0.15) is 34.8 Å². The molecular weight excluding hydrogens is 320 g/mol. The maximum absolute atomic E-state index is 12.8. The minimum Gasteiger partial charge on any atom is -0.384 e. The summed E-state index contributed by atoms with van der Waals surface area (Å²) in [6, 6.07) is 5.42. The molecule has 132 valence electrons. The van der Waals surface area contributed by atoms with Crippen molar-refractivity contribution in [1.82, 2.24) is 9.13 Å². The monoisotopic (exact) mass is 342 g/mol. The summed E-state index contributed by atoms with van der Waals surface area (Å²) in [7, 11) is 2.77. The maximum Gasteiger partial charge on any atom is 0.332 e. The van der Waals surface area contributed by atoms with E-state index in [1.165, 1.54) is 25.2 Å². The predicted molar refractivity (Wildman–Crippen MR) is 97.2 cm³/mol. The number of nitrogen functional groups attached to an aromatic ring is 1. The van der Waals surface area contributed by atoms with Crippen LogP contribution in [-0.4, -0.2) is 21.0 Å². The van der Waals surface area contributed by atoms with Crippen LogP contribution < -0.4 is 22.3 Å². The van der Waals surface area contributed by atoms with E-state index in [4.69, 9.17) is 5.73 Å². The Morgan fingerprint density at radius 2 is 1.84 bits per heavy atom. The highest BCUT2D eigenvalue weighted by molar-refractivity contribution is 6.04. The molecule has 0 saturated carbocycles. The van der Waals surface area contributed by atoms with Gasteiger partial charge in [0.1, 0.15) is 11.4 Å². The van der Waals surface area contributed by atoms with Gasteiger partial charge in [-0.15, -0.1) is 0 Å². The third-order valence-corrected chi connectivity index (χ3v) is 4.83. The van der Waals surface area contributed by atoms with E-state index < -0.39 is 23.1 Å². The number of Topliss-reactive ketones (excluding diaryl/α,β-unsaturated/α-hetero) is 1. The number of hydrogen-bond donors (Lipinski definition) is 2. The molecule has 0 fully saturated rings. The zero-order valence-electron chi connectivity index (χ0n) is 14.6. The second-order valence-electron chi connectivity index (χ2n) is 6.53. The first-order valence-electron chi connectivity index (χ1n) is 8.29. The summed E-state index contributed by atoms with van der Waals surface area (Å²) in [4.78, 5) is 37.0. The van der Waals surface area contributed by atoms with Gasteiger partial charge in [-0.2, -0.15) is 0 Å². The number of benzene rings is 1. The number of aryl methyl sites for hydroxylation is 2. The Morgan fingerprint density at radius 3 is 2.56 bits per heavy atom. The van der Waals surface area contributed by atoms with E-state index in [1.54, 1.807) is 6.92 Å². The predicted octanol–water partition coefficient (Wildman–Crippen LogP) is 0.838. The largest absolute Gasteiger partial charge is 0.384 e. The summed E-state index contributed by atoms with van der Waals surface area (Å²) in [6.45, 7) is 1.68. The molecule has 0 amide bonds. The van der Waals surface area contributed by atoms with Gasteiger partial charge in [-0.3, -0.25) is 18.7 Å². The van der Waals surface area contributed by atoms with Gasteiger partial charge >= 0.3 is 5.69 Å². The molecule has 1 atom stereocenters. The molecule has 1 aromatic heterocycles. The molecule has 0 aliphatic heterocycles. The van der Waals surface area contributed by atoms with E-state index in [9.17, 15) is 14.4 Å². The van der Waals surface area contributed by atoms with E-state index in [-0.39, 0.29) is 11.4 Å². The molecule has 1 aliphatic carbocycles. The average molecular weight is 342 g/mol. The number of hydrogen-bond acceptors (Lipinski definition) is 5. The van der Waals surface area contributed by atoms with Crippen LogP contribution >= 0.6 is 0 Å². The van der Waals surface area contributed by atoms with Gasteiger partial charge in [0.25, 0.3) is 5.56 Å². The first-order valence-corrected chi connectivity index (χ1v) is 8.29. The second kappa shape index (κ2) is 6.23. The molecule has 7 nitrogen and oxygen atoms in total. The Kier molecular flexibility index (Phi) is 4.24. The van der Waals surface area contributed by atoms with Crippen LogP contribution in [0.2, 0.25) is 0 Å². The fraction of sp³-hybridized carbons (Fsp3) is 0.389. The second-order valence-corrected chi connectivity index (χ2v) is 6.53. The normalized spacial score (nSPS) is 14.2. The van der Waals surface area contributed by atoms with Gasteiger partial charge < -0.3 is 11.1 Å². The zero-order chi connectivity index (χ0) is 18.3. The molecule has 0 bridgehead atoms. The number of carbonyl (C=O) groups is 1. The molecular formula is C18H22N4O3. The Balaban J connectivity index is 1.91. The quantitative estimate of drug-likeness (QED) is 0.802. The number of carbonyl (C=O) groups excluding carboxylic acids is 1. The van der Waals surface area contributed by atoms with Crippen LogP contribution in [0.25, 0.3) is 0 Å². The molecule has 0 spiro atoms. The average Bonchev–Trinajstić information content (AvgIpc) is 3.06. The molecule has 25 heavy (non-hydrogen) atoms. The van der Waals surface area contributed by atoms with Gasteiger partial charge in [-0.1, -0.05) is 6.07 Å². The van der Waals surface area contributed by atoms with Crippen molar-refractivity contribution < 1.29 is 4.79 Å². The Hall–Kier alpha value is -2.83. The highest BCUT2D eigenvalue weighted by atomic mass is 16.2. The van der Waals surface area contributed by atoms with Crippen LogP contribution in [0.3, 0.4) is 0 Å². The van der Waals surface area contributed by atoms with Crippen molar-refractivity contribution in [2.75, 3.05) is 11.1 Å². The Morgan fingerprint density at radius 1 is 1.16 bits per heavy atom. The van der Waals surface area contributed by atoms with Crippen LogP contribution in [-0.2, 0) is 26.9 Å². The van der Waals surface area contributed by atoms with Crippen molar-refractivity contribution >= 4 is 17.3 Å². The van der Waals surface area contributed by atoms with E-state index >= 15 is 0 Å². The minimum atomic E-state index is -0.673. The summed E-state index contributed by atoms with van der Waals surface area (Å²) in [6.07, 6.45) is 3.29. The number of ketones is 1. The molecule has 2 aromatic rings. The van der Waals surface area contributed by atoms with Gasteiger partial charge in [-0.25, -0.2) is 4.79 Å². The number of fused-ring (bicyclic) bond motifs is 1. The smallest absolute Gasteiger partial charge is 0.332 e. The molecule has 1 heterocycles.